The minimum absolute atomic E-state index is 0.0417. The first-order valence-corrected chi connectivity index (χ1v) is 6.83. The van der Waals surface area contributed by atoms with Gasteiger partial charge in [0.05, 0.1) is 6.54 Å². The topological polar surface area (TPSA) is 75.6 Å². The van der Waals surface area contributed by atoms with E-state index in [0.29, 0.717) is 6.47 Å². The van der Waals surface area contributed by atoms with Crippen LogP contribution in [-0.2, 0) is 14.3 Å². The van der Waals surface area contributed by atoms with E-state index in [1.807, 2.05) is 26.8 Å². The number of likely N-dealkylation sites (N-methyl/N-ethyl adjacent to an activating group) is 1. The van der Waals surface area contributed by atoms with Crippen LogP contribution in [0.1, 0.15) is 53.4 Å². The Hall–Kier alpha value is -1.36. The summed E-state index contributed by atoms with van der Waals surface area (Å²) in [6, 6.07) is 0. The van der Waals surface area contributed by atoms with Crippen LogP contribution in [0.25, 0.3) is 0 Å². The molecule has 120 valence electrons. The van der Waals surface area contributed by atoms with Crippen molar-refractivity contribution in [1.29, 1.82) is 0 Å². The van der Waals surface area contributed by atoms with Gasteiger partial charge in [0.1, 0.15) is 5.60 Å². The summed E-state index contributed by atoms with van der Waals surface area (Å²) in [4.78, 5) is 19.1. The fraction of sp³-hybridized carbons (Fsp3) is 0.733. The van der Waals surface area contributed by atoms with Gasteiger partial charge in [0.25, 0.3) is 6.47 Å². The molecular formula is C15H31NO4. The Morgan fingerprint density at radius 2 is 1.90 bits per heavy atom. The summed E-state index contributed by atoms with van der Waals surface area (Å²) in [5.41, 5.74) is -0.318. The molecule has 0 spiro atoms. The number of ether oxygens (including phenoxy) is 1. The summed E-state index contributed by atoms with van der Waals surface area (Å²) in [5.74, 6) is -0.822. The van der Waals surface area contributed by atoms with Crippen molar-refractivity contribution in [2.45, 2.75) is 59.0 Å². The smallest absolute Gasteiger partial charge is 0.317 e. The number of nitrogens with one attached hydrogen (secondary N) is 1. The lowest BCUT2D eigenvalue weighted by molar-refractivity contribution is -0.139. The Labute approximate surface area is 123 Å². The first-order valence-electron chi connectivity index (χ1n) is 6.83. The van der Waals surface area contributed by atoms with E-state index in [0.717, 1.165) is 0 Å². The number of carbonyl (C=O) groups excluding carboxylic acids is 1. The van der Waals surface area contributed by atoms with E-state index < -0.39 is 5.97 Å². The summed E-state index contributed by atoms with van der Waals surface area (Å²) >= 11 is 0. The van der Waals surface area contributed by atoms with Crippen molar-refractivity contribution in [3.63, 3.8) is 0 Å². The third kappa shape index (κ3) is 43.8. The fourth-order valence-corrected chi connectivity index (χ4v) is 0.834. The molecule has 20 heavy (non-hydrogen) atoms. The maximum Gasteiger partial charge on any atom is 0.317 e. The van der Waals surface area contributed by atoms with Crippen LogP contribution in [0.15, 0.2) is 12.7 Å². The van der Waals surface area contributed by atoms with Gasteiger partial charge in [0.15, 0.2) is 0 Å². The highest BCUT2D eigenvalue weighted by atomic mass is 16.5. The van der Waals surface area contributed by atoms with Crippen LogP contribution in [0.2, 0.25) is 0 Å². The molecule has 0 radical (unpaired) electrons. The van der Waals surface area contributed by atoms with E-state index in [9.17, 15) is 9.59 Å². The van der Waals surface area contributed by atoms with Gasteiger partial charge < -0.3 is 15.2 Å². The highest BCUT2D eigenvalue weighted by Gasteiger charge is 2.07. The van der Waals surface area contributed by atoms with Crippen molar-refractivity contribution in [3.05, 3.63) is 12.7 Å². The van der Waals surface area contributed by atoms with Gasteiger partial charge >= 0.3 is 5.97 Å². The minimum Gasteiger partial charge on any atom is -0.480 e. The molecule has 0 aromatic heterocycles. The van der Waals surface area contributed by atoms with Crippen LogP contribution >= 0.6 is 0 Å². The van der Waals surface area contributed by atoms with Crippen LogP contribution in [0.3, 0.4) is 0 Å². The van der Waals surface area contributed by atoms with Gasteiger partial charge in [-0.2, -0.15) is 0 Å². The second-order valence-corrected chi connectivity index (χ2v) is 5.03. The number of carboxylic acid groups (broad SMARTS) is 1. The molecule has 0 saturated carbocycles. The molecule has 0 aromatic rings. The summed E-state index contributed by atoms with van der Waals surface area (Å²) < 4.78 is 4.55. The van der Waals surface area contributed by atoms with Crippen LogP contribution < -0.4 is 5.32 Å². The number of aliphatic carboxylic acids is 1. The lowest BCUT2D eigenvalue weighted by Crippen LogP contribution is -2.17. The lowest BCUT2D eigenvalue weighted by atomic mass is 10.2. The molecule has 0 fully saturated rings. The third-order valence-electron chi connectivity index (χ3n) is 1.74. The molecule has 0 aliphatic carbocycles. The van der Waals surface area contributed by atoms with Gasteiger partial charge in [-0.1, -0.05) is 25.8 Å². The Morgan fingerprint density at radius 1 is 1.35 bits per heavy atom. The molecule has 0 amide bonds. The lowest BCUT2D eigenvalue weighted by Gasteiger charge is -2.14. The fourth-order valence-electron chi connectivity index (χ4n) is 0.834. The quantitative estimate of drug-likeness (QED) is 0.428. The second kappa shape index (κ2) is 17.6. The molecular weight excluding hydrogens is 258 g/mol. The van der Waals surface area contributed by atoms with E-state index in [1.54, 1.807) is 7.05 Å². The zero-order valence-corrected chi connectivity index (χ0v) is 13.6. The monoisotopic (exact) mass is 289 g/mol. The van der Waals surface area contributed by atoms with Crippen molar-refractivity contribution >= 4 is 12.4 Å². The molecule has 0 bridgehead atoms. The number of allylic oxidation sites excluding steroid dienone is 1. The molecule has 0 atom stereocenters. The highest BCUT2D eigenvalue weighted by Crippen LogP contribution is 2.02. The largest absolute Gasteiger partial charge is 0.480 e. The third-order valence-corrected chi connectivity index (χ3v) is 1.74. The minimum atomic E-state index is -0.822. The van der Waals surface area contributed by atoms with Gasteiger partial charge in [-0.3, -0.25) is 9.59 Å². The van der Waals surface area contributed by atoms with Crippen LogP contribution in [0, 0.1) is 0 Å². The first kappa shape index (κ1) is 23.7. The van der Waals surface area contributed by atoms with E-state index in [1.165, 1.54) is 25.7 Å². The van der Waals surface area contributed by atoms with Gasteiger partial charge in [-0.15, -0.1) is 6.58 Å². The SMILES string of the molecule is C=CCCCCC.CC(C)(C)OC=O.CNCC(=O)O. The Kier molecular flexibility index (Phi) is 20.9. The maximum absolute atomic E-state index is 9.60. The molecule has 0 aliphatic rings. The number of hydrogen-bond donors (Lipinski definition) is 2. The highest BCUT2D eigenvalue weighted by molar-refractivity contribution is 5.68. The summed E-state index contributed by atoms with van der Waals surface area (Å²) in [6.45, 7) is 11.8. The molecule has 0 saturated heterocycles. The van der Waals surface area contributed by atoms with Crippen molar-refractivity contribution in [2.75, 3.05) is 13.6 Å². The molecule has 0 aromatic carbocycles. The van der Waals surface area contributed by atoms with Crippen molar-refractivity contribution in [2.24, 2.45) is 0 Å². The number of hydrogen-bond acceptors (Lipinski definition) is 4. The zero-order chi connectivity index (χ0) is 16.4. The molecule has 0 unspecified atom stereocenters. The molecule has 0 heterocycles. The van der Waals surface area contributed by atoms with Gasteiger partial charge in [-0.05, 0) is 40.7 Å². The Balaban J connectivity index is -0.000000218. The zero-order valence-electron chi connectivity index (χ0n) is 13.6. The van der Waals surface area contributed by atoms with E-state index in [2.05, 4.69) is 23.6 Å². The molecule has 5 nitrogen and oxygen atoms in total. The van der Waals surface area contributed by atoms with Crippen molar-refractivity contribution in [1.82, 2.24) is 5.32 Å². The molecule has 5 heteroatoms. The predicted octanol–water partition coefficient (Wildman–Crippen LogP) is 3.00. The Bertz CT molecular complexity index is 235. The normalized spacial score (nSPS) is 9.25. The number of carbonyl (C=O) groups is 2. The van der Waals surface area contributed by atoms with E-state index >= 15 is 0 Å². The summed E-state index contributed by atoms with van der Waals surface area (Å²) in [6.07, 6.45) is 7.16. The summed E-state index contributed by atoms with van der Waals surface area (Å²) in [5, 5.41) is 10.3. The van der Waals surface area contributed by atoms with Crippen LogP contribution in [0.4, 0.5) is 0 Å². The second-order valence-electron chi connectivity index (χ2n) is 5.03. The van der Waals surface area contributed by atoms with E-state index in [4.69, 9.17) is 5.11 Å². The number of unbranched alkanes of at least 4 members (excludes halogenated alkanes) is 3. The van der Waals surface area contributed by atoms with Crippen molar-refractivity contribution in [3.8, 4) is 0 Å². The predicted molar refractivity (Wildman–Crippen MR) is 82.8 cm³/mol. The van der Waals surface area contributed by atoms with Crippen molar-refractivity contribution < 1.29 is 19.4 Å². The average Bonchev–Trinajstić information content (AvgIpc) is 2.29. The molecule has 2 N–H and O–H groups in total. The van der Waals surface area contributed by atoms with E-state index in [-0.39, 0.29) is 12.1 Å². The number of carboxylic acids is 1. The Morgan fingerprint density at radius 3 is 2.05 bits per heavy atom. The average molecular weight is 289 g/mol. The maximum atomic E-state index is 9.60. The van der Waals surface area contributed by atoms with Crippen LogP contribution in [-0.4, -0.2) is 36.7 Å². The summed E-state index contributed by atoms with van der Waals surface area (Å²) in [7, 11) is 1.59. The molecule has 0 rings (SSSR count). The van der Waals surface area contributed by atoms with Gasteiger partial charge in [0, 0.05) is 0 Å². The standard InChI is InChI=1S/C7H14.C5H10O2.C3H7NO2/c1-3-5-7-6-4-2;1-5(2,3)7-4-6;1-4-2-3(5)6/h3H,1,4-7H2,2H3;4H,1-3H3;4H,2H2,1H3,(H,5,6). The number of rotatable bonds is 7. The molecule has 0 aliphatic heterocycles. The van der Waals surface area contributed by atoms with Gasteiger partial charge in [0.2, 0.25) is 0 Å². The van der Waals surface area contributed by atoms with Crippen LogP contribution in [0.5, 0.6) is 0 Å². The van der Waals surface area contributed by atoms with Gasteiger partial charge in [-0.25, -0.2) is 0 Å². The first-order chi connectivity index (χ1) is 9.24.